The van der Waals surface area contributed by atoms with Gasteiger partial charge in [0.1, 0.15) is 96.5 Å². The van der Waals surface area contributed by atoms with Crippen molar-refractivity contribution in [2.75, 3.05) is 55.5 Å². The number of ether oxygens (including phenoxy) is 5. The number of carbonyl (C=O) groups is 15. The molecule has 0 saturated heterocycles. The SMILES string of the molecule is CCCc1cc(C(=O)OCC)n[nH]1.CCOC(=O)C(=O)OCC.CCOc1ccccc1C(=O)O.CC[O-].O=C(O)c1ccccc1O.[2H]C([2H])(C)Br.[2H]C([2H])([2H])C([2H])([2H])Br.[2H]C([2H])([2H])CBr.[2H]C([2H])([2H])CCC(=O)CC(=O)C(=O)OCC.[2H]C([2H])([2H])CCC(C)=O.[2H]C([2H])([2H])n1nc(CCC)cc1C(=O)O.[2H]c1c([2H])c([2H])c(C(=O)O)c(O)c1[2H].[2H]c1ccc(C(=O)O)c(O)c1.[2H]c1ccc(C(=O)O)c(O)c1[2H].[2H]c1cccc(C(=O)O)c1O.[2H]c1cccc(O)c1C(=O)O.[Na+]. The molecule has 0 aliphatic carbocycles. The molecule has 762 valence electrons. The zero-order chi connectivity index (χ0) is 131. The van der Waals surface area contributed by atoms with E-state index in [2.05, 4.69) is 84.2 Å². The van der Waals surface area contributed by atoms with Gasteiger partial charge in [0.05, 0.1) is 57.5 Å². The third-order valence-electron chi connectivity index (χ3n) is 13.2. The fourth-order valence-corrected chi connectivity index (χ4v) is 7.67. The van der Waals surface area contributed by atoms with E-state index < -0.39 is 182 Å². The molecular weight excluding hydrogens is 2030 g/mol. The summed E-state index contributed by atoms with van der Waals surface area (Å²) in [7, 11) is 0. The van der Waals surface area contributed by atoms with E-state index in [-0.39, 0.29) is 179 Å². The maximum absolute atomic E-state index is 11.2. The van der Waals surface area contributed by atoms with Crippen LogP contribution in [0.1, 0.15) is 285 Å². The van der Waals surface area contributed by atoms with Gasteiger partial charge in [0, 0.05) is 67.5 Å². The number of aryl methyl sites for hydroxylation is 3. The molecule has 43 heteroatoms. The van der Waals surface area contributed by atoms with Crippen molar-refractivity contribution < 1.29 is 240 Å². The molecule has 0 aliphatic rings. The number of aromatic amines is 1. The molecule has 0 unspecified atom stereocenters. The molecule has 139 heavy (non-hydrogen) atoms. The summed E-state index contributed by atoms with van der Waals surface area (Å²) in [5.41, 5.74) is -0.250. The van der Waals surface area contributed by atoms with Gasteiger partial charge in [-0.25, -0.2) is 57.5 Å². The second kappa shape index (κ2) is 91.0. The molecule has 0 radical (unpaired) electrons. The molecule has 2 aromatic heterocycles. The van der Waals surface area contributed by atoms with Crippen molar-refractivity contribution in [3.8, 4) is 40.2 Å². The van der Waals surface area contributed by atoms with E-state index in [1.165, 1.54) is 86.6 Å². The molecule has 0 bridgehead atoms. The first kappa shape index (κ1) is 92.0. The Labute approximate surface area is 893 Å². The molecule has 39 nitrogen and oxygen atoms in total. The summed E-state index contributed by atoms with van der Waals surface area (Å²) >= 11 is 7.89. The van der Waals surface area contributed by atoms with Crippen LogP contribution in [-0.2, 0) is 67.5 Å². The van der Waals surface area contributed by atoms with E-state index in [9.17, 15) is 71.9 Å². The van der Waals surface area contributed by atoms with Gasteiger partial charge in [0.25, 0.3) is 0 Å². The summed E-state index contributed by atoms with van der Waals surface area (Å²) in [4.78, 5) is 159. The zero-order valence-electron chi connectivity index (χ0n) is 105. The van der Waals surface area contributed by atoms with Gasteiger partial charge in [0.15, 0.2) is 5.69 Å². The number of H-pyrrole nitrogens is 1. The van der Waals surface area contributed by atoms with Gasteiger partial charge in [0.2, 0.25) is 5.78 Å². The number of rotatable bonds is 26. The molecule has 0 spiro atoms. The van der Waals surface area contributed by atoms with Crippen LogP contribution in [0.25, 0.3) is 0 Å². The van der Waals surface area contributed by atoms with Crippen molar-refractivity contribution in [3.05, 3.63) is 243 Å². The van der Waals surface area contributed by atoms with E-state index in [1.807, 2.05) is 13.8 Å². The normalized spacial score (nSPS) is 12.6. The van der Waals surface area contributed by atoms with Crippen molar-refractivity contribution in [1.29, 1.82) is 0 Å². The van der Waals surface area contributed by atoms with Crippen LogP contribution >= 0.6 is 47.8 Å². The second-order valence-corrected chi connectivity index (χ2v) is 25.2. The largest absolute Gasteiger partial charge is 1.00 e. The maximum atomic E-state index is 11.2. The fourth-order valence-electron chi connectivity index (χ4n) is 7.67. The van der Waals surface area contributed by atoms with Crippen LogP contribution < -0.4 is 39.4 Å². The van der Waals surface area contributed by atoms with Crippen molar-refractivity contribution in [2.45, 2.75) is 154 Å². The molecule has 15 N–H and O–H groups in total. The Morgan fingerprint density at radius 1 is 0.424 bits per heavy atom. The summed E-state index contributed by atoms with van der Waals surface area (Å²) in [5, 5.41) is 138. The maximum Gasteiger partial charge on any atom is 1.00 e. The number of aromatic nitrogens is 4. The average Bonchev–Trinajstić information content (AvgIpc) is 1.70. The standard InChI is InChI=1S/C9H14N2O2.C9H14O4.C9H10O3.C8H12N2O2.6C7H6O3.C6H10O4.C5H10O.3C2H5Br.C2H5O.Na/c1-3-5-7-6-8(11-10-7)9(12)13-4-2;1-3-5-7(10)6-8(11)9(12)13-4-2;1-2-12-8-6-4-3-5-7(8)9(10)11;1-3-4-6-5-7(8(11)12)10(2)9-6;6*8-6-4-2-1-3-5(6)7(9)10;1-3-9-5(7)6(8)10-4-2;1-3-4-5(2)6;4*1-2-3;/h6H,3-5H2,1-2H3,(H,10,11);3-6H2,1-2H3;3-6H,2H2,1H3,(H,10,11);5H,3-4H2,1-2H3,(H,11,12);6*1-4,8H,(H,9,10);3-4H2,1-2H3;3-4H2,1-2H3;4*2H2,1H3;/q;;;;;;;;;;;;;;;-1;+1/i;1D3;;2D3;1D,2D,3D,4D;2D,4D;4D;3D;2D;;;1D3;1D3,2D2;2D2;1D3;;. The van der Waals surface area contributed by atoms with Crippen molar-refractivity contribution in [3.63, 3.8) is 0 Å². The van der Waals surface area contributed by atoms with Gasteiger partial charge in [-0.15, -0.1) is 6.61 Å². The first-order valence-corrected chi connectivity index (χ1v) is 41.9. The Bertz CT molecular complexity index is 6290. The number of carboxylic acids is 8. The monoisotopic (exact) mass is 2180 g/mol. The summed E-state index contributed by atoms with van der Waals surface area (Å²) in [6, 6.07) is 25.5. The van der Waals surface area contributed by atoms with Crippen LogP contribution in [0.5, 0.6) is 40.2 Å². The number of esters is 4. The van der Waals surface area contributed by atoms with Gasteiger partial charge in [-0.05, 0) is 164 Å². The molecule has 9 rings (SSSR count). The Morgan fingerprint density at radius 3 is 1.22 bits per heavy atom. The van der Waals surface area contributed by atoms with Gasteiger partial charge in [-0.3, -0.25) is 19.4 Å². The Balaban J connectivity index is -0.000000271. The van der Waals surface area contributed by atoms with Crippen LogP contribution in [0.4, 0.5) is 0 Å². The van der Waals surface area contributed by atoms with Crippen LogP contribution in [0.15, 0.2) is 182 Å². The number of halogens is 3. The van der Waals surface area contributed by atoms with Crippen molar-refractivity contribution >= 4 is 137 Å². The number of aromatic hydroxyl groups is 6. The molecule has 2 heterocycles. The fraction of sp³-hybridized carbons (Fsp3) is 0.344. The summed E-state index contributed by atoms with van der Waals surface area (Å²) in [6.07, 6.45) is 2.36. The Hall–Kier alpha value is -13.4. The first-order chi connectivity index (χ1) is 76.0. The smallest absolute Gasteiger partial charge is 0.855 e. The molecule has 7 aromatic carbocycles. The quantitative estimate of drug-likeness (QED) is 0.00598. The van der Waals surface area contributed by atoms with Gasteiger partial charge < -0.3 is 105 Å². The van der Waals surface area contributed by atoms with Gasteiger partial charge in [-0.1, -0.05) is 201 Å². The van der Waals surface area contributed by atoms with Crippen molar-refractivity contribution in [1.82, 2.24) is 20.0 Å². The van der Waals surface area contributed by atoms with Gasteiger partial charge >= 0.3 is 101 Å². The number of carboxylic acid groups (broad SMARTS) is 8. The summed E-state index contributed by atoms with van der Waals surface area (Å²) < 4.78 is 215. The minimum atomic E-state index is -2.56. The first-order valence-electron chi connectivity index (χ1n) is 53.2. The molecule has 9 aromatic rings. The van der Waals surface area contributed by atoms with E-state index >= 15 is 0 Å². The average molecular weight is 2190 g/mol. The van der Waals surface area contributed by atoms with E-state index in [1.54, 1.807) is 71.0 Å². The number of para-hydroxylation sites is 7. The number of nitrogens with zero attached hydrogens (tertiary/aromatic N) is 3. The van der Waals surface area contributed by atoms with Gasteiger partial charge in [-0.2, -0.15) is 10.2 Å². The predicted octanol–water partition coefficient (Wildman–Crippen LogP) is 13.9. The molecule has 0 aliphatic heterocycles. The van der Waals surface area contributed by atoms with Crippen LogP contribution in [0.2, 0.25) is 0 Å². The van der Waals surface area contributed by atoms with E-state index in [0.717, 1.165) is 43.2 Å². The predicted molar refractivity (Wildman–Crippen MR) is 522 cm³/mol. The second-order valence-electron chi connectivity index (χ2n) is 23.4. The van der Waals surface area contributed by atoms with Crippen LogP contribution in [0.3, 0.4) is 0 Å². The third-order valence-corrected chi connectivity index (χ3v) is 13.2. The molecule has 0 saturated carbocycles. The minimum Gasteiger partial charge on any atom is -0.855 e. The molecule has 0 fully saturated rings. The number of nitrogens with one attached hydrogen (secondary N) is 1. The summed E-state index contributed by atoms with van der Waals surface area (Å²) in [6.45, 7) is 7.05. The number of Topliss-reactive ketones (excluding diaryl/α,β-unsaturated/α-hetero) is 3. The third kappa shape index (κ3) is 73.5. The number of carbonyl (C=O) groups excluding carboxylic acids is 7. The minimum absolute atomic E-state index is 0. The number of benzene rings is 7. The number of hydrogen-bond acceptors (Lipinski definition) is 29. The Kier molecular flexibility index (Phi) is 60.3. The Morgan fingerprint density at radius 2 is 0.813 bits per heavy atom. The number of ketones is 3. The van der Waals surface area contributed by atoms with Crippen LogP contribution in [-0.4, -0.2) is 236 Å². The van der Waals surface area contributed by atoms with Crippen LogP contribution in [0, 0.1) is 0 Å². The number of phenols is 6. The molecule has 0 amide bonds. The number of aromatic carboxylic acids is 8. The molecular formula is C96H126Br3N4NaO35. The van der Waals surface area contributed by atoms with E-state index in [0.29, 0.717) is 41.5 Å². The zero-order valence-corrected chi connectivity index (χ0v) is 83.5. The van der Waals surface area contributed by atoms with E-state index in [4.69, 9.17) is 124 Å². The van der Waals surface area contributed by atoms with Crippen molar-refractivity contribution in [2.24, 2.45) is 6.98 Å². The number of alkyl halides is 3. The molecule has 0 atom stereocenters. The topological polar surface area (TPSA) is 655 Å². The number of hydrogen-bond donors (Lipinski definition) is 15. The summed E-state index contributed by atoms with van der Waals surface area (Å²) in [5.74, 6) is -17.4.